The molecule has 0 radical (unpaired) electrons. The lowest BCUT2D eigenvalue weighted by atomic mass is 10.1. The van der Waals surface area contributed by atoms with Crippen molar-refractivity contribution >= 4 is 22.4 Å². The van der Waals surface area contributed by atoms with E-state index in [4.69, 9.17) is 9.47 Å². The van der Waals surface area contributed by atoms with Crippen molar-refractivity contribution in [3.8, 4) is 22.9 Å². The Bertz CT molecular complexity index is 1040. The maximum atomic E-state index is 5.32. The molecule has 3 heterocycles. The summed E-state index contributed by atoms with van der Waals surface area (Å²) in [6, 6.07) is 15.7. The van der Waals surface area contributed by atoms with Gasteiger partial charge in [0.25, 0.3) is 0 Å². The fraction of sp³-hybridized carbons (Fsp3) is 0.100. The highest BCUT2D eigenvalue weighted by atomic mass is 16.5. The number of methoxy groups -OCH3 is 2. The second-order valence-electron chi connectivity index (χ2n) is 5.75. The summed E-state index contributed by atoms with van der Waals surface area (Å²) in [6.45, 7) is 0. The molecule has 6 nitrogen and oxygen atoms in total. The zero-order chi connectivity index (χ0) is 17.9. The van der Waals surface area contributed by atoms with Crippen LogP contribution in [0.15, 0.2) is 60.9 Å². The molecule has 2 N–H and O–H groups in total. The van der Waals surface area contributed by atoms with Gasteiger partial charge in [-0.15, -0.1) is 0 Å². The van der Waals surface area contributed by atoms with E-state index in [-0.39, 0.29) is 0 Å². The van der Waals surface area contributed by atoms with Crippen LogP contribution in [-0.4, -0.2) is 29.2 Å². The van der Waals surface area contributed by atoms with E-state index < -0.39 is 0 Å². The summed E-state index contributed by atoms with van der Waals surface area (Å²) < 4.78 is 10.4. The molecule has 0 fully saturated rings. The van der Waals surface area contributed by atoms with Gasteiger partial charge < -0.3 is 19.8 Å². The third kappa shape index (κ3) is 3.04. The van der Waals surface area contributed by atoms with E-state index in [9.17, 15) is 0 Å². The lowest BCUT2D eigenvalue weighted by Crippen LogP contribution is -1.95. The van der Waals surface area contributed by atoms with E-state index in [2.05, 4.69) is 26.3 Å². The number of ether oxygens (including phenoxy) is 2. The van der Waals surface area contributed by atoms with E-state index in [0.717, 1.165) is 39.4 Å². The van der Waals surface area contributed by atoms with Crippen molar-refractivity contribution in [2.24, 2.45) is 0 Å². The summed E-state index contributed by atoms with van der Waals surface area (Å²) in [5.41, 5.74) is 3.90. The van der Waals surface area contributed by atoms with E-state index in [1.54, 1.807) is 32.7 Å². The number of aromatic amines is 1. The Morgan fingerprint density at radius 1 is 0.962 bits per heavy atom. The van der Waals surface area contributed by atoms with Crippen molar-refractivity contribution in [2.75, 3.05) is 19.5 Å². The lowest BCUT2D eigenvalue weighted by molar-refractivity contribution is 0.398. The Morgan fingerprint density at radius 3 is 2.65 bits per heavy atom. The van der Waals surface area contributed by atoms with E-state index in [1.807, 2.05) is 36.4 Å². The number of hydrogen-bond donors (Lipinski definition) is 2. The fourth-order valence-electron chi connectivity index (χ4n) is 2.81. The van der Waals surface area contributed by atoms with Crippen molar-refractivity contribution in [1.82, 2.24) is 15.0 Å². The van der Waals surface area contributed by atoms with Crippen molar-refractivity contribution in [3.05, 3.63) is 60.9 Å². The Balaban J connectivity index is 1.70. The highest BCUT2D eigenvalue weighted by Gasteiger charge is 2.09. The molecular formula is C20H18N4O2. The second-order valence-corrected chi connectivity index (χ2v) is 5.75. The summed E-state index contributed by atoms with van der Waals surface area (Å²) in [5, 5.41) is 4.31. The summed E-state index contributed by atoms with van der Waals surface area (Å²) in [6.07, 6.45) is 3.49. The number of nitrogens with zero attached hydrogens (tertiary/aromatic N) is 2. The number of pyridine rings is 2. The summed E-state index contributed by atoms with van der Waals surface area (Å²) in [4.78, 5) is 12.1. The van der Waals surface area contributed by atoms with Gasteiger partial charge in [-0.1, -0.05) is 12.1 Å². The molecule has 1 aromatic carbocycles. The van der Waals surface area contributed by atoms with Crippen LogP contribution >= 0.6 is 0 Å². The number of anilines is 2. The maximum Gasteiger partial charge on any atom is 0.213 e. The van der Waals surface area contributed by atoms with Gasteiger partial charge in [-0.2, -0.15) is 0 Å². The topological polar surface area (TPSA) is 72.1 Å². The van der Waals surface area contributed by atoms with Crippen molar-refractivity contribution in [3.63, 3.8) is 0 Å². The zero-order valence-corrected chi connectivity index (χ0v) is 14.5. The van der Waals surface area contributed by atoms with Crippen LogP contribution in [0.1, 0.15) is 0 Å². The van der Waals surface area contributed by atoms with Crippen LogP contribution in [0.5, 0.6) is 11.6 Å². The molecule has 0 unspecified atom stereocenters. The van der Waals surface area contributed by atoms with E-state index >= 15 is 0 Å². The maximum absolute atomic E-state index is 5.32. The van der Waals surface area contributed by atoms with Crippen LogP contribution in [0.2, 0.25) is 0 Å². The third-order valence-electron chi connectivity index (χ3n) is 4.14. The van der Waals surface area contributed by atoms with Crippen LogP contribution in [0.3, 0.4) is 0 Å². The smallest absolute Gasteiger partial charge is 0.213 e. The molecule has 0 saturated heterocycles. The molecule has 0 spiro atoms. The quantitative estimate of drug-likeness (QED) is 0.561. The second kappa shape index (κ2) is 6.76. The normalized spacial score (nSPS) is 10.7. The number of aromatic nitrogens is 3. The van der Waals surface area contributed by atoms with Crippen LogP contribution in [0.25, 0.3) is 22.2 Å². The van der Waals surface area contributed by atoms with Gasteiger partial charge >= 0.3 is 0 Å². The fourth-order valence-corrected chi connectivity index (χ4v) is 2.81. The molecule has 4 rings (SSSR count). The van der Waals surface area contributed by atoms with Gasteiger partial charge in [0.2, 0.25) is 5.88 Å². The summed E-state index contributed by atoms with van der Waals surface area (Å²) in [7, 11) is 3.26. The summed E-state index contributed by atoms with van der Waals surface area (Å²) in [5.74, 6) is 2.16. The Hall–Kier alpha value is -3.54. The van der Waals surface area contributed by atoms with Gasteiger partial charge in [0.15, 0.2) is 0 Å². The van der Waals surface area contributed by atoms with Gasteiger partial charge in [0, 0.05) is 28.9 Å². The minimum atomic E-state index is 0.573. The largest absolute Gasteiger partial charge is 0.497 e. The van der Waals surface area contributed by atoms with Crippen LogP contribution in [0.4, 0.5) is 11.5 Å². The minimum absolute atomic E-state index is 0.573. The number of H-pyrrole nitrogens is 1. The van der Waals surface area contributed by atoms with Crippen molar-refractivity contribution in [1.29, 1.82) is 0 Å². The first kappa shape index (κ1) is 16.0. The Morgan fingerprint density at radius 2 is 1.88 bits per heavy atom. The molecule has 0 aliphatic rings. The molecule has 6 heteroatoms. The van der Waals surface area contributed by atoms with Gasteiger partial charge in [0.05, 0.1) is 31.6 Å². The molecule has 3 aromatic heterocycles. The predicted molar refractivity (Wildman–Crippen MR) is 102 cm³/mol. The van der Waals surface area contributed by atoms with Gasteiger partial charge in [-0.25, -0.2) is 9.97 Å². The molecule has 0 aliphatic carbocycles. The molecule has 0 saturated carbocycles. The number of hydrogen-bond acceptors (Lipinski definition) is 5. The molecule has 0 aliphatic heterocycles. The Kier molecular flexibility index (Phi) is 4.15. The number of benzene rings is 1. The average Bonchev–Trinajstić information content (AvgIpc) is 3.14. The average molecular weight is 346 g/mol. The third-order valence-corrected chi connectivity index (χ3v) is 4.14. The monoisotopic (exact) mass is 346 g/mol. The molecule has 4 aromatic rings. The molecular weight excluding hydrogens is 328 g/mol. The van der Waals surface area contributed by atoms with Crippen molar-refractivity contribution in [2.45, 2.75) is 0 Å². The molecule has 130 valence electrons. The van der Waals surface area contributed by atoms with E-state index in [1.165, 1.54) is 0 Å². The van der Waals surface area contributed by atoms with Crippen LogP contribution in [0, 0.1) is 0 Å². The predicted octanol–water partition coefficient (Wildman–Crippen LogP) is 4.39. The first-order valence-electron chi connectivity index (χ1n) is 8.16. The van der Waals surface area contributed by atoms with Crippen LogP contribution < -0.4 is 14.8 Å². The number of fused-ring (bicyclic) bond motifs is 1. The number of nitrogens with one attached hydrogen (secondary N) is 2. The SMILES string of the molecule is COc1cccc(-c2cc3c(Nc4ccc(OC)nc4)nccc3[nH]2)c1. The lowest BCUT2D eigenvalue weighted by Gasteiger charge is -2.06. The molecule has 0 atom stereocenters. The zero-order valence-electron chi connectivity index (χ0n) is 14.5. The first-order valence-corrected chi connectivity index (χ1v) is 8.16. The molecule has 0 amide bonds. The van der Waals surface area contributed by atoms with Gasteiger partial charge in [0.1, 0.15) is 11.6 Å². The van der Waals surface area contributed by atoms with Gasteiger partial charge in [-0.3, -0.25) is 0 Å². The highest BCUT2D eigenvalue weighted by molar-refractivity contribution is 5.95. The minimum Gasteiger partial charge on any atom is -0.497 e. The van der Waals surface area contributed by atoms with Crippen molar-refractivity contribution < 1.29 is 9.47 Å². The van der Waals surface area contributed by atoms with Gasteiger partial charge in [-0.05, 0) is 30.3 Å². The molecule has 26 heavy (non-hydrogen) atoms. The first-order chi connectivity index (χ1) is 12.8. The Labute approximate surface area is 150 Å². The molecule has 0 bridgehead atoms. The highest BCUT2D eigenvalue weighted by Crippen LogP contribution is 2.30. The standard InChI is InChI=1S/C20H18N4O2/c1-25-15-5-3-4-13(10-15)18-11-16-17(24-18)8-9-21-20(16)23-14-6-7-19(26-2)22-12-14/h3-12,24H,1-2H3,(H,21,23). The van der Waals surface area contributed by atoms with E-state index in [0.29, 0.717) is 5.88 Å². The number of rotatable bonds is 5. The van der Waals surface area contributed by atoms with Crippen LogP contribution in [-0.2, 0) is 0 Å². The summed E-state index contributed by atoms with van der Waals surface area (Å²) >= 11 is 0.